The topological polar surface area (TPSA) is 43.6 Å². The van der Waals surface area contributed by atoms with E-state index in [2.05, 4.69) is 20.9 Å². The molecule has 0 aliphatic rings. The van der Waals surface area contributed by atoms with Crippen molar-refractivity contribution >= 4 is 11.2 Å². The van der Waals surface area contributed by atoms with Gasteiger partial charge in [0.1, 0.15) is 5.52 Å². The van der Waals surface area contributed by atoms with Crippen molar-refractivity contribution in [2.75, 3.05) is 0 Å². The maximum absolute atomic E-state index is 13.1. The molecular weight excluding hydrogens is 190 g/mol. The van der Waals surface area contributed by atoms with Crippen LogP contribution in [0.15, 0.2) is 6.33 Å². The summed E-state index contributed by atoms with van der Waals surface area (Å²) in [6, 6.07) is 0. The first-order valence-corrected chi connectivity index (χ1v) is 3.69. The second-order valence-electron chi connectivity index (χ2n) is 2.53. The fraction of sp³-hybridized carbons (Fsp3) is 0.125. The van der Waals surface area contributed by atoms with Crippen LogP contribution in [-0.4, -0.2) is 19.5 Å². The van der Waals surface area contributed by atoms with Gasteiger partial charge in [-0.25, -0.2) is 4.98 Å². The molecule has 6 heteroatoms. The number of nitrogens with zero attached hydrogens (tertiary/aromatic N) is 4. The van der Waals surface area contributed by atoms with Gasteiger partial charge in [-0.05, 0) is 0 Å². The molecule has 0 saturated carbocycles. The highest BCUT2D eigenvalue weighted by Gasteiger charge is 2.12. The van der Waals surface area contributed by atoms with Crippen molar-refractivity contribution in [3.63, 3.8) is 0 Å². The number of hydrogen-bond donors (Lipinski definition) is 0. The standard InChI is InChI=1S/C8H4F2N4/c1-2-3-14-4-11-7-5(14)6(9)12-8(10)13-7/h1,4H,3H2. The highest BCUT2D eigenvalue weighted by Crippen LogP contribution is 2.12. The van der Waals surface area contributed by atoms with Gasteiger partial charge in [-0.15, -0.1) is 6.42 Å². The molecule has 14 heavy (non-hydrogen) atoms. The van der Waals surface area contributed by atoms with Crippen LogP contribution in [-0.2, 0) is 6.54 Å². The Morgan fingerprint density at radius 3 is 2.93 bits per heavy atom. The summed E-state index contributed by atoms with van der Waals surface area (Å²) < 4.78 is 27.0. The second kappa shape index (κ2) is 3.03. The van der Waals surface area contributed by atoms with Crippen LogP contribution in [0.5, 0.6) is 0 Å². The Morgan fingerprint density at radius 1 is 1.43 bits per heavy atom. The molecule has 0 N–H and O–H groups in total. The van der Waals surface area contributed by atoms with Gasteiger partial charge in [0, 0.05) is 0 Å². The predicted octanol–water partition coefficient (Wildman–Crippen LogP) is 0.738. The third-order valence-corrected chi connectivity index (χ3v) is 1.66. The number of aromatic nitrogens is 4. The quantitative estimate of drug-likeness (QED) is 0.382. The van der Waals surface area contributed by atoms with E-state index in [0.29, 0.717) is 0 Å². The van der Waals surface area contributed by atoms with E-state index < -0.39 is 12.0 Å². The molecule has 0 aliphatic heterocycles. The van der Waals surface area contributed by atoms with Crippen molar-refractivity contribution in [2.45, 2.75) is 6.54 Å². The molecule has 2 heterocycles. The molecule has 0 aromatic carbocycles. The van der Waals surface area contributed by atoms with Gasteiger partial charge in [-0.1, -0.05) is 5.92 Å². The molecule has 0 fully saturated rings. The van der Waals surface area contributed by atoms with Gasteiger partial charge in [0.05, 0.1) is 12.9 Å². The van der Waals surface area contributed by atoms with Crippen LogP contribution in [0.3, 0.4) is 0 Å². The van der Waals surface area contributed by atoms with Crippen molar-refractivity contribution in [1.29, 1.82) is 0 Å². The summed E-state index contributed by atoms with van der Waals surface area (Å²) in [4.78, 5) is 9.96. The zero-order chi connectivity index (χ0) is 10.1. The van der Waals surface area contributed by atoms with E-state index in [4.69, 9.17) is 6.42 Å². The van der Waals surface area contributed by atoms with E-state index in [1.165, 1.54) is 10.9 Å². The molecule has 2 aromatic rings. The van der Waals surface area contributed by atoms with Crippen LogP contribution in [0.2, 0.25) is 0 Å². The van der Waals surface area contributed by atoms with Crippen LogP contribution in [0.4, 0.5) is 8.78 Å². The van der Waals surface area contributed by atoms with E-state index in [0.717, 1.165) is 0 Å². The third-order valence-electron chi connectivity index (χ3n) is 1.66. The van der Waals surface area contributed by atoms with E-state index in [-0.39, 0.29) is 17.7 Å². The Bertz CT molecular complexity index is 526. The zero-order valence-electron chi connectivity index (χ0n) is 6.91. The number of fused-ring (bicyclic) bond motifs is 1. The first-order valence-electron chi connectivity index (χ1n) is 3.69. The zero-order valence-corrected chi connectivity index (χ0v) is 6.91. The fourth-order valence-corrected chi connectivity index (χ4v) is 1.13. The maximum Gasteiger partial charge on any atom is 0.313 e. The highest BCUT2D eigenvalue weighted by molar-refractivity contribution is 5.69. The SMILES string of the molecule is C#CCn1cnc2nc(F)nc(F)c21. The van der Waals surface area contributed by atoms with Crippen molar-refractivity contribution in [3.05, 3.63) is 18.4 Å². The molecule has 4 nitrogen and oxygen atoms in total. The van der Waals surface area contributed by atoms with Crippen LogP contribution < -0.4 is 0 Å². The predicted molar refractivity (Wildman–Crippen MR) is 44.1 cm³/mol. The summed E-state index contributed by atoms with van der Waals surface area (Å²) >= 11 is 0. The molecule has 0 unspecified atom stereocenters. The normalized spacial score (nSPS) is 10.4. The Morgan fingerprint density at radius 2 is 2.21 bits per heavy atom. The van der Waals surface area contributed by atoms with Gasteiger partial charge >= 0.3 is 6.08 Å². The van der Waals surface area contributed by atoms with Crippen LogP contribution in [0.25, 0.3) is 11.2 Å². The summed E-state index contributed by atoms with van der Waals surface area (Å²) in [5.74, 6) is 1.35. The minimum atomic E-state index is -1.14. The lowest BCUT2D eigenvalue weighted by Gasteiger charge is -1.97. The van der Waals surface area contributed by atoms with Gasteiger partial charge in [0.2, 0.25) is 5.95 Å². The summed E-state index contributed by atoms with van der Waals surface area (Å²) in [7, 11) is 0. The highest BCUT2D eigenvalue weighted by atomic mass is 19.1. The molecule has 2 rings (SSSR count). The minimum Gasteiger partial charge on any atom is -0.314 e. The van der Waals surface area contributed by atoms with Gasteiger partial charge in [0.15, 0.2) is 5.65 Å². The molecule has 2 aromatic heterocycles. The first-order chi connectivity index (χ1) is 6.72. The smallest absolute Gasteiger partial charge is 0.313 e. The van der Waals surface area contributed by atoms with Crippen molar-refractivity contribution in [2.24, 2.45) is 0 Å². The number of terminal acetylenes is 1. The molecule has 70 valence electrons. The van der Waals surface area contributed by atoms with Crippen LogP contribution >= 0.6 is 0 Å². The molecule has 0 aliphatic carbocycles. The number of imidazole rings is 1. The number of hydrogen-bond acceptors (Lipinski definition) is 3. The average molecular weight is 194 g/mol. The van der Waals surface area contributed by atoms with E-state index in [9.17, 15) is 8.78 Å². The van der Waals surface area contributed by atoms with Gasteiger partial charge in [-0.3, -0.25) is 0 Å². The van der Waals surface area contributed by atoms with E-state index >= 15 is 0 Å². The van der Waals surface area contributed by atoms with Crippen molar-refractivity contribution in [3.8, 4) is 12.3 Å². The Balaban J connectivity index is 2.74. The Labute approximate surface area is 77.6 Å². The van der Waals surface area contributed by atoms with Crippen molar-refractivity contribution in [1.82, 2.24) is 19.5 Å². The summed E-state index contributed by atoms with van der Waals surface area (Å²) in [6.45, 7) is 0.141. The lowest BCUT2D eigenvalue weighted by atomic mass is 10.5. The van der Waals surface area contributed by atoms with Gasteiger partial charge < -0.3 is 4.57 Å². The fourth-order valence-electron chi connectivity index (χ4n) is 1.13. The minimum absolute atomic E-state index is 0.0179. The van der Waals surface area contributed by atoms with Crippen LogP contribution in [0, 0.1) is 24.4 Å². The van der Waals surface area contributed by atoms with E-state index in [1.54, 1.807) is 0 Å². The molecule has 0 saturated heterocycles. The van der Waals surface area contributed by atoms with E-state index in [1.807, 2.05) is 0 Å². The molecular formula is C8H4F2N4. The first kappa shape index (κ1) is 8.56. The average Bonchev–Trinajstić information content (AvgIpc) is 2.49. The van der Waals surface area contributed by atoms with Gasteiger partial charge in [-0.2, -0.15) is 18.7 Å². The molecule has 0 atom stereocenters. The Kier molecular flexibility index (Phi) is 1.85. The maximum atomic E-state index is 13.1. The lowest BCUT2D eigenvalue weighted by Crippen LogP contribution is -2.00. The van der Waals surface area contributed by atoms with Crippen molar-refractivity contribution < 1.29 is 8.78 Å². The molecule has 0 spiro atoms. The molecule has 0 bridgehead atoms. The number of rotatable bonds is 1. The van der Waals surface area contributed by atoms with Gasteiger partial charge in [0.25, 0.3) is 0 Å². The summed E-state index contributed by atoms with van der Waals surface area (Å²) in [5.41, 5.74) is -0.0189. The Hall–Kier alpha value is -2.03. The largest absolute Gasteiger partial charge is 0.314 e. The number of halogens is 2. The molecule has 0 amide bonds. The summed E-state index contributed by atoms with van der Waals surface area (Å²) in [6.07, 6.45) is 5.21. The third kappa shape index (κ3) is 1.19. The van der Waals surface area contributed by atoms with Crippen LogP contribution in [0.1, 0.15) is 0 Å². The summed E-state index contributed by atoms with van der Waals surface area (Å²) in [5, 5.41) is 0. The second-order valence-corrected chi connectivity index (χ2v) is 2.53. The monoisotopic (exact) mass is 194 g/mol. The molecule has 0 radical (unpaired) electrons. The lowest BCUT2D eigenvalue weighted by molar-refractivity contribution is 0.490.